The fourth-order valence-corrected chi connectivity index (χ4v) is 2.69. The quantitative estimate of drug-likeness (QED) is 0.807. The molecule has 0 saturated heterocycles. The van der Waals surface area contributed by atoms with E-state index < -0.39 is 40.5 Å². The maximum Gasteiger partial charge on any atom is 0.405 e. The predicted molar refractivity (Wildman–Crippen MR) is 73.3 cm³/mol. The smallest absolute Gasteiger partial charge is 0.405 e. The van der Waals surface area contributed by atoms with Crippen molar-refractivity contribution in [1.82, 2.24) is 5.32 Å². The SMILES string of the molecule is COc1ccc(F)cc1C[S@](=O)[C@H](C)C(=O)NCC(F)(F)F. The van der Waals surface area contributed by atoms with Gasteiger partial charge in [-0.1, -0.05) is 0 Å². The molecule has 0 spiro atoms. The van der Waals surface area contributed by atoms with Crippen molar-refractivity contribution < 1.29 is 31.3 Å². The Morgan fingerprint density at radius 1 is 1.41 bits per heavy atom. The largest absolute Gasteiger partial charge is 0.496 e. The summed E-state index contributed by atoms with van der Waals surface area (Å²) in [5.41, 5.74) is 0.274. The number of rotatable bonds is 6. The highest BCUT2D eigenvalue weighted by molar-refractivity contribution is 7.85. The summed E-state index contributed by atoms with van der Waals surface area (Å²) < 4.78 is 66.3. The van der Waals surface area contributed by atoms with Crippen molar-refractivity contribution in [2.75, 3.05) is 13.7 Å². The van der Waals surface area contributed by atoms with Crippen LogP contribution in [0.2, 0.25) is 0 Å². The molecule has 0 saturated carbocycles. The molecule has 1 N–H and O–H groups in total. The van der Waals surface area contributed by atoms with E-state index in [1.807, 2.05) is 0 Å². The van der Waals surface area contributed by atoms with Crippen molar-refractivity contribution in [2.24, 2.45) is 0 Å². The zero-order valence-electron chi connectivity index (χ0n) is 11.9. The minimum Gasteiger partial charge on any atom is -0.496 e. The summed E-state index contributed by atoms with van der Waals surface area (Å²) in [7, 11) is -0.474. The third-order valence-electron chi connectivity index (χ3n) is 2.77. The topological polar surface area (TPSA) is 55.4 Å². The Balaban J connectivity index is 2.72. The Morgan fingerprint density at radius 3 is 2.59 bits per heavy atom. The lowest BCUT2D eigenvalue weighted by atomic mass is 10.2. The third kappa shape index (κ3) is 5.63. The van der Waals surface area contributed by atoms with Crippen LogP contribution in [0.15, 0.2) is 18.2 Å². The number of nitrogens with one attached hydrogen (secondary N) is 1. The number of amides is 1. The van der Waals surface area contributed by atoms with E-state index in [9.17, 15) is 26.6 Å². The zero-order valence-corrected chi connectivity index (χ0v) is 12.7. The van der Waals surface area contributed by atoms with Crippen LogP contribution >= 0.6 is 0 Å². The van der Waals surface area contributed by atoms with E-state index in [4.69, 9.17) is 4.74 Å². The molecule has 1 aromatic rings. The summed E-state index contributed by atoms with van der Waals surface area (Å²) in [6.45, 7) is -0.246. The van der Waals surface area contributed by atoms with Crippen molar-refractivity contribution in [2.45, 2.75) is 24.1 Å². The van der Waals surface area contributed by atoms with Crippen molar-refractivity contribution in [3.8, 4) is 5.75 Å². The summed E-state index contributed by atoms with van der Waals surface area (Å²) >= 11 is 0. The van der Waals surface area contributed by atoms with Crippen molar-refractivity contribution in [3.05, 3.63) is 29.6 Å². The maximum absolute atomic E-state index is 13.2. The molecular weight excluding hydrogens is 326 g/mol. The van der Waals surface area contributed by atoms with Gasteiger partial charge in [0.15, 0.2) is 0 Å². The maximum atomic E-state index is 13.2. The molecule has 1 rings (SSSR count). The fourth-order valence-electron chi connectivity index (χ4n) is 1.59. The van der Waals surface area contributed by atoms with Gasteiger partial charge < -0.3 is 10.1 Å². The lowest BCUT2D eigenvalue weighted by Crippen LogP contribution is -2.40. The van der Waals surface area contributed by atoms with E-state index >= 15 is 0 Å². The van der Waals surface area contributed by atoms with E-state index in [1.165, 1.54) is 20.1 Å². The Bertz CT molecular complexity index is 563. The van der Waals surface area contributed by atoms with Crippen LogP contribution in [0.25, 0.3) is 0 Å². The van der Waals surface area contributed by atoms with Crippen LogP contribution in [0.3, 0.4) is 0 Å². The zero-order chi connectivity index (χ0) is 16.9. The van der Waals surface area contributed by atoms with Gasteiger partial charge in [0.1, 0.15) is 23.4 Å². The highest BCUT2D eigenvalue weighted by Gasteiger charge is 2.30. The second kappa shape index (κ2) is 7.57. The first-order valence-electron chi connectivity index (χ1n) is 6.18. The van der Waals surface area contributed by atoms with Crippen molar-refractivity contribution in [1.29, 1.82) is 0 Å². The standard InChI is InChI=1S/C13H15F4NO3S/c1-8(12(19)18-7-13(15,16)17)22(20)6-9-5-10(14)3-4-11(9)21-2/h3-5,8H,6-7H2,1-2H3,(H,18,19)/t8-,22+/m1/s1. The minimum absolute atomic E-state index is 0.207. The number of ether oxygens (including phenoxy) is 1. The van der Waals surface area contributed by atoms with Gasteiger partial charge in [0.25, 0.3) is 0 Å². The molecule has 0 heterocycles. The van der Waals surface area contributed by atoms with Gasteiger partial charge in [-0.3, -0.25) is 9.00 Å². The molecule has 0 unspecified atom stereocenters. The molecule has 9 heteroatoms. The molecule has 4 nitrogen and oxygen atoms in total. The van der Waals surface area contributed by atoms with Crippen molar-refractivity contribution in [3.63, 3.8) is 0 Å². The van der Waals surface area contributed by atoms with E-state index in [0.717, 1.165) is 12.1 Å². The highest BCUT2D eigenvalue weighted by atomic mass is 32.2. The summed E-state index contributed by atoms with van der Waals surface area (Å²) in [5, 5.41) is 0.496. The molecule has 0 fully saturated rings. The monoisotopic (exact) mass is 341 g/mol. The van der Waals surface area contributed by atoms with Gasteiger partial charge in [-0.25, -0.2) is 4.39 Å². The molecule has 124 valence electrons. The van der Waals surface area contributed by atoms with Crippen LogP contribution in [-0.4, -0.2) is 35.2 Å². The van der Waals surface area contributed by atoms with Crippen LogP contribution in [-0.2, 0) is 21.3 Å². The van der Waals surface area contributed by atoms with Gasteiger partial charge in [-0.05, 0) is 25.1 Å². The van der Waals surface area contributed by atoms with Gasteiger partial charge in [0, 0.05) is 16.4 Å². The van der Waals surface area contributed by atoms with Gasteiger partial charge in [-0.2, -0.15) is 13.2 Å². The lowest BCUT2D eigenvalue weighted by Gasteiger charge is -2.14. The number of methoxy groups -OCH3 is 1. The number of hydrogen-bond acceptors (Lipinski definition) is 3. The average Bonchev–Trinajstić information content (AvgIpc) is 2.43. The van der Waals surface area contributed by atoms with Gasteiger partial charge in [0.05, 0.1) is 12.9 Å². The van der Waals surface area contributed by atoms with Crippen molar-refractivity contribution >= 4 is 16.7 Å². The van der Waals surface area contributed by atoms with Crippen LogP contribution in [0.5, 0.6) is 5.75 Å². The number of carbonyl (C=O) groups is 1. The molecular formula is C13H15F4NO3S. The fraction of sp³-hybridized carbons (Fsp3) is 0.462. The predicted octanol–water partition coefficient (Wildman–Crippen LogP) is 2.15. The first-order chi connectivity index (χ1) is 10.1. The molecule has 0 aliphatic rings. The number of hydrogen-bond donors (Lipinski definition) is 1. The number of alkyl halides is 3. The summed E-state index contributed by atoms with van der Waals surface area (Å²) in [6, 6.07) is 3.61. The first kappa shape index (κ1) is 18.4. The highest BCUT2D eigenvalue weighted by Crippen LogP contribution is 2.22. The second-order valence-electron chi connectivity index (χ2n) is 4.46. The number of halogens is 4. The average molecular weight is 341 g/mol. The normalized spacial score (nSPS) is 14.3. The minimum atomic E-state index is -4.54. The molecule has 0 aliphatic heterocycles. The molecule has 2 atom stereocenters. The van der Waals surface area contributed by atoms with Gasteiger partial charge in [0.2, 0.25) is 5.91 Å². The molecule has 22 heavy (non-hydrogen) atoms. The Kier molecular flexibility index (Phi) is 6.34. The molecule has 0 aromatic heterocycles. The molecule has 0 radical (unpaired) electrons. The van der Waals surface area contributed by atoms with Gasteiger partial charge >= 0.3 is 6.18 Å². The molecule has 0 bridgehead atoms. The Morgan fingerprint density at radius 2 is 2.05 bits per heavy atom. The van der Waals surface area contributed by atoms with E-state index in [2.05, 4.69) is 0 Å². The summed E-state index contributed by atoms with van der Waals surface area (Å²) in [6.07, 6.45) is -4.54. The Labute approximate surface area is 127 Å². The summed E-state index contributed by atoms with van der Waals surface area (Å²) in [5.74, 6) is -1.47. The molecule has 1 aromatic carbocycles. The number of carbonyl (C=O) groups excluding carboxylic acids is 1. The van der Waals surface area contributed by atoms with Crippen LogP contribution in [0, 0.1) is 5.82 Å². The van der Waals surface area contributed by atoms with E-state index in [-0.39, 0.29) is 17.1 Å². The van der Waals surface area contributed by atoms with Crippen LogP contribution in [0.4, 0.5) is 17.6 Å². The second-order valence-corrected chi connectivity index (χ2v) is 6.21. The first-order valence-corrected chi connectivity index (χ1v) is 7.56. The third-order valence-corrected chi connectivity index (χ3v) is 4.37. The van der Waals surface area contributed by atoms with E-state index in [0.29, 0.717) is 0 Å². The Hall–Kier alpha value is -1.64. The van der Waals surface area contributed by atoms with E-state index in [1.54, 1.807) is 5.32 Å². The molecule has 1 amide bonds. The van der Waals surface area contributed by atoms with Gasteiger partial charge in [-0.15, -0.1) is 0 Å². The van der Waals surface area contributed by atoms with Crippen LogP contribution in [0.1, 0.15) is 12.5 Å². The molecule has 0 aliphatic carbocycles. The summed E-state index contributed by atoms with van der Waals surface area (Å²) in [4.78, 5) is 11.5. The lowest BCUT2D eigenvalue weighted by molar-refractivity contribution is -0.137. The van der Waals surface area contributed by atoms with Crippen LogP contribution < -0.4 is 10.1 Å². The number of benzene rings is 1.